The van der Waals surface area contributed by atoms with Crippen molar-refractivity contribution in [3.8, 4) is 0 Å². The molecule has 1 aliphatic carbocycles. The Kier molecular flexibility index (Phi) is 2.14. The van der Waals surface area contributed by atoms with E-state index in [1.807, 2.05) is 11.6 Å². The SMILES string of the molecule is Cc1nn(CC2(O)CC2)cc1C(C)C. The van der Waals surface area contributed by atoms with E-state index in [9.17, 15) is 5.11 Å². The monoisotopic (exact) mass is 194 g/mol. The summed E-state index contributed by atoms with van der Waals surface area (Å²) in [4.78, 5) is 0. The average molecular weight is 194 g/mol. The number of rotatable bonds is 3. The molecule has 1 saturated carbocycles. The van der Waals surface area contributed by atoms with Crippen LogP contribution in [-0.4, -0.2) is 20.5 Å². The molecule has 1 aromatic rings. The van der Waals surface area contributed by atoms with Gasteiger partial charge in [0.1, 0.15) is 0 Å². The van der Waals surface area contributed by atoms with E-state index in [2.05, 4.69) is 25.1 Å². The second kappa shape index (κ2) is 3.09. The fraction of sp³-hybridized carbons (Fsp3) is 0.727. The minimum absolute atomic E-state index is 0.452. The van der Waals surface area contributed by atoms with Gasteiger partial charge in [0, 0.05) is 6.20 Å². The normalized spacial score (nSPS) is 18.9. The van der Waals surface area contributed by atoms with E-state index < -0.39 is 5.60 Å². The summed E-state index contributed by atoms with van der Waals surface area (Å²) in [5.74, 6) is 0.512. The Morgan fingerprint density at radius 3 is 2.64 bits per heavy atom. The lowest BCUT2D eigenvalue weighted by atomic mass is 10.1. The molecule has 0 atom stereocenters. The molecule has 3 nitrogen and oxygen atoms in total. The molecular formula is C11H18N2O. The molecule has 0 spiro atoms. The second-order valence-corrected chi connectivity index (χ2v) is 4.75. The maximum Gasteiger partial charge on any atom is 0.0844 e. The number of hydrogen-bond acceptors (Lipinski definition) is 2. The summed E-state index contributed by atoms with van der Waals surface area (Å²) in [6.07, 6.45) is 3.90. The number of aromatic nitrogens is 2. The van der Waals surface area contributed by atoms with Crippen molar-refractivity contribution in [3.05, 3.63) is 17.5 Å². The molecule has 1 aliphatic rings. The first-order valence-corrected chi connectivity index (χ1v) is 5.26. The van der Waals surface area contributed by atoms with E-state index >= 15 is 0 Å². The van der Waals surface area contributed by atoms with Crippen molar-refractivity contribution >= 4 is 0 Å². The third-order valence-electron chi connectivity index (χ3n) is 2.89. The van der Waals surface area contributed by atoms with E-state index in [1.54, 1.807) is 0 Å². The fourth-order valence-electron chi connectivity index (χ4n) is 1.79. The zero-order chi connectivity index (χ0) is 10.3. The molecule has 78 valence electrons. The molecule has 1 heterocycles. The molecule has 0 amide bonds. The lowest BCUT2D eigenvalue weighted by Crippen LogP contribution is -2.17. The van der Waals surface area contributed by atoms with Crippen LogP contribution in [0.1, 0.15) is 43.9 Å². The summed E-state index contributed by atoms with van der Waals surface area (Å²) in [5.41, 5.74) is 1.92. The Bertz CT molecular complexity index is 337. The van der Waals surface area contributed by atoms with Crippen molar-refractivity contribution in [1.29, 1.82) is 0 Å². The zero-order valence-corrected chi connectivity index (χ0v) is 9.12. The standard InChI is InChI=1S/C11H18N2O/c1-8(2)10-6-13(12-9(10)3)7-11(14)4-5-11/h6,8,14H,4-5,7H2,1-3H3. The highest BCUT2D eigenvalue weighted by Crippen LogP contribution is 2.36. The maximum atomic E-state index is 9.76. The minimum atomic E-state index is -0.452. The van der Waals surface area contributed by atoms with Gasteiger partial charge in [-0.15, -0.1) is 0 Å². The predicted molar refractivity (Wildman–Crippen MR) is 55.2 cm³/mol. The molecule has 1 N–H and O–H groups in total. The van der Waals surface area contributed by atoms with Crippen LogP contribution in [-0.2, 0) is 6.54 Å². The molecule has 0 radical (unpaired) electrons. The summed E-state index contributed by atoms with van der Waals surface area (Å²) in [6, 6.07) is 0. The van der Waals surface area contributed by atoms with Gasteiger partial charge >= 0.3 is 0 Å². The van der Waals surface area contributed by atoms with Crippen LogP contribution in [0.5, 0.6) is 0 Å². The van der Waals surface area contributed by atoms with Crippen molar-refractivity contribution < 1.29 is 5.11 Å². The van der Waals surface area contributed by atoms with Crippen molar-refractivity contribution in [2.45, 2.75) is 51.7 Å². The third kappa shape index (κ3) is 1.82. The van der Waals surface area contributed by atoms with Crippen molar-refractivity contribution in [2.24, 2.45) is 0 Å². The number of aliphatic hydroxyl groups is 1. The van der Waals surface area contributed by atoms with Gasteiger partial charge in [0.2, 0.25) is 0 Å². The first-order chi connectivity index (χ1) is 6.50. The highest BCUT2D eigenvalue weighted by Gasteiger charge is 2.40. The molecule has 2 rings (SSSR count). The topological polar surface area (TPSA) is 38.0 Å². The second-order valence-electron chi connectivity index (χ2n) is 4.75. The van der Waals surface area contributed by atoms with Crippen LogP contribution < -0.4 is 0 Å². The number of hydrogen-bond donors (Lipinski definition) is 1. The molecule has 3 heteroatoms. The highest BCUT2D eigenvalue weighted by molar-refractivity contribution is 5.19. The van der Waals surface area contributed by atoms with Crippen LogP contribution >= 0.6 is 0 Å². The molecule has 0 unspecified atom stereocenters. The van der Waals surface area contributed by atoms with Gasteiger partial charge in [-0.2, -0.15) is 5.10 Å². The van der Waals surface area contributed by atoms with Crippen LogP contribution in [0.4, 0.5) is 0 Å². The van der Waals surface area contributed by atoms with E-state index in [1.165, 1.54) is 5.56 Å². The van der Waals surface area contributed by atoms with Gasteiger partial charge in [-0.1, -0.05) is 13.8 Å². The molecule has 0 saturated heterocycles. The van der Waals surface area contributed by atoms with Gasteiger partial charge in [-0.3, -0.25) is 4.68 Å². The maximum absolute atomic E-state index is 9.76. The third-order valence-corrected chi connectivity index (χ3v) is 2.89. The van der Waals surface area contributed by atoms with Crippen molar-refractivity contribution in [3.63, 3.8) is 0 Å². The molecule has 0 bridgehead atoms. The minimum Gasteiger partial charge on any atom is -0.388 e. The van der Waals surface area contributed by atoms with Crippen LogP contribution in [0.15, 0.2) is 6.20 Å². The summed E-state index contributed by atoms with van der Waals surface area (Å²) >= 11 is 0. The summed E-state index contributed by atoms with van der Waals surface area (Å²) in [5, 5.41) is 14.2. The molecule has 1 fully saturated rings. The van der Waals surface area contributed by atoms with E-state index in [-0.39, 0.29) is 0 Å². The average Bonchev–Trinajstić information content (AvgIpc) is 2.65. The van der Waals surface area contributed by atoms with E-state index in [0.29, 0.717) is 12.5 Å². The zero-order valence-electron chi connectivity index (χ0n) is 9.12. The van der Waals surface area contributed by atoms with Gasteiger partial charge in [-0.05, 0) is 31.2 Å². The predicted octanol–water partition coefficient (Wildman–Crippen LogP) is 1.84. The summed E-state index contributed by atoms with van der Waals surface area (Å²) in [6.45, 7) is 7.02. The lowest BCUT2D eigenvalue weighted by molar-refractivity contribution is 0.125. The molecule has 0 aromatic carbocycles. The van der Waals surface area contributed by atoms with Crippen LogP contribution in [0.3, 0.4) is 0 Å². The largest absolute Gasteiger partial charge is 0.388 e. The van der Waals surface area contributed by atoms with Gasteiger partial charge in [0.15, 0.2) is 0 Å². The fourth-order valence-corrected chi connectivity index (χ4v) is 1.79. The highest BCUT2D eigenvalue weighted by atomic mass is 16.3. The van der Waals surface area contributed by atoms with Crippen molar-refractivity contribution in [2.75, 3.05) is 0 Å². The summed E-state index contributed by atoms with van der Waals surface area (Å²) < 4.78 is 1.89. The Labute approximate surface area is 84.7 Å². The smallest absolute Gasteiger partial charge is 0.0844 e. The van der Waals surface area contributed by atoms with Gasteiger partial charge in [0.25, 0.3) is 0 Å². The Balaban J connectivity index is 2.15. The molecule has 14 heavy (non-hydrogen) atoms. The van der Waals surface area contributed by atoms with Gasteiger partial charge < -0.3 is 5.11 Å². The van der Waals surface area contributed by atoms with E-state index in [0.717, 1.165) is 18.5 Å². The van der Waals surface area contributed by atoms with Crippen molar-refractivity contribution in [1.82, 2.24) is 9.78 Å². The molecular weight excluding hydrogens is 176 g/mol. The van der Waals surface area contributed by atoms with Crippen LogP contribution in [0, 0.1) is 6.92 Å². The van der Waals surface area contributed by atoms with Gasteiger partial charge in [0.05, 0.1) is 17.8 Å². The Morgan fingerprint density at radius 1 is 1.57 bits per heavy atom. The lowest BCUT2D eigenvalue weighted by Gasteiger charge is -2.06. The van der Waals surface area contributed by atoms with E-state index in [4.69, 9.17) is 0 Å². The summed E-state index contributed by atoms with van der Waals surface area (Å²) in [7, 11) is 0. The quantitative estimate of drug-likeness (QED) is 0.797. The Morgan fingerprint density at radius 2 is 2.21 bits per heavy atom. The van der Waals surface area contributed by atoms with Crippen LogP contribution in [0.2, 0.25) is 0 Å². The molecule has 0 aliphatic heterocycles. The van der Waals surface area contributed by atoms with Crippen LogP contribution in [0.25, 0.3) is 0 Å². The Hall–Kier alpha value is -0.830. The first-order valence-electron chi connectivity index (χ1n) is 5.26. The number of nitrogens with zero attached hydrogens (tertiary/aromatic N) is 2. The molecule has 1 aromatic heterocycles. The van der Waals surface area contributed by atoms with Gasteiger partial charge in [-0.25, -0.2) is 0 Å². The number of aryl methyl sites for hydroxylation is 1. The first kappa shape index (κ1) is 9.71.